The van der Waals surface area contributed by atoms with Crippen molar-refractivity contribution >= 4 is 6.03 Å². The number of carbonyl (C=O) groups excluding carboxylic acids is 1. The number of aliphatic hydroxyl groups excluding tert-OH is 1. The van der Waals surface area contributed by atoms with E-state index in [4.69, 9.17) is 10.8 Å². The molecular formula is C11H25N5O2. The average Bonchev–Trinajstić information content (AvgIpc) is 2.80. The molecule has 0 radical (unpaired) electrons. The summed E-state index contributed by atoms with van der Waals surface area (Å²) in [7, 11) is 0. The molecule has 2 rings (SSSR count). The van der Waals surface area contributed by atoms with E-state index in [2.05, 4.69) is 10.3 Å². The summed E-state index contributed by atoms with van der Waals surface area (Å²) in [4.78, 5) is 12.2. The van der Waals surface area contributed by atoms with Gasteiger partial charge in [0.25, 0.3) is 0 Å². The van der Waals surface area contributed by atoms with Crippen molar-refractivity contribution in [1.29, 1.82) is 0 Å². The van der Waals surface area contributed by atoms with E-state index in [1.165, 1.54) is 4.90 Å². The minimum absolute atomic E-state index is 0. The third kappa shape index (κ3) is 3.99. The van der Waals surface area contributed by atoms with Gasteiger partial charge in [-0.1, -0.05) is 32.9 Å². The van der Waals surface area contributed by atoms with E-state index in [0.29, 0.717) is 18.8 Å². The number of aromatic nitrogens is 3. The first-order chi connectivity index (χ1) is 8.70. The van der Waals surface area contributed by atoms with Crippen LogP contribution in [-0.4, -0.2) is 44.1 Å². The van der Waals surface area contributed by atoms with Crippen LogP contribution in [0, 0.1) is 0 Å². The predicted molar refractivity (Wildman–Crippen MR) is 70.9 cm³/mol. The Kier molecular flexibility index (Phi) is 7.69. The Morgan fingerprint density at radius 1 is 1.50 bits per heavy atom. The number of nitrogens with two attached hydrogens (primary N) is 1. The molecule has 7 heteroatoms. The number of nitrogens with zero attached hydrogens (tertiary/aromatic N) is 4. The number of hydrogen-bond acceptors (Lipinski definition) is 4. The van der Waals surface area contributed by atoms with E-state index >= 15 is 0 Å². The third-order valence-corrected chi connectivity index (χ3v) is 2.27. The van der Waals surface area contributed by atoms with Gasteiger partial charge in [-0.05, 0) is 0 Å². The fraction of sp³-hybridized carbons (Fsp3) is 0.727. The Balaban J connectivity index is 0. The predicted octanol–water partition coefficient (Wildman–Crippen LogP) is 1.00. The molecule has 0 saturated carbocycles. The summed E-state index contributed by atoms with van der Waals surface area (Å²) in [5, 5.41) is 16.3. The van der Waals surface area contributed by atoms with Crippen LogP contribution in [0.15, 0.2) is 6.20 Å². The highest BCUT2D eigenvalue weighted by Gasteiger charge is 2.31. The Morgan fingerprint density at radius 3 is 2.44 bits per heavy atom. The first kappa shape index (κ1) is 16.4. The number of amides is 2. The SMILES string of the molecule is CC.CC.NC(=O)N1CC(n2cc(CO)nn2)C1.[HH]. The molecule has 1 aliphatic heterocycles. The first-order valence-corrected chi connectivity index (χ1v) is 6.26. The Morgan fingerprint density at radius 2 is 2.06 bits per heavy atom. The summed E-state index contributed by atoms with van der Waals surface area (Å²) in [6.45, 7) is 9.00. The van der Waals surface area contributed by atoms with E-state index in [1.807, 2.05) is 27.7 Å². The summed E-state index contributed by atoms with van der Waals surface area (Å²) >= 11 is 0. The van der Waals surface area contributed by atoms with Gasteiger partial charge in [0, 0.05) is 14.5 Å². The standard InChI is InChI=1S/C7H11N5O2.2C2H6.H2/c8-7(14)11-2-6(3-11)12-1-5(4-13)9-10-12;2*1-2;/h1,6,13H,2-4H2,(H2,8,14);2*1-2H3;1H. The summed E-state index contributed by atoms with van der Waals surface area (Å²) in [5.74, 6) is 0. The molecule has 1 aliphatic rings. The average molecular weight is 259 g/mol. The van der Waals surface area contributed by atoms with Gasteiger partial charge in [0.2, 0.25) is 0 Å². The molecule has 2 amide bonds. The first-order valence-electron chi connectivity index (χ1n) is 6.26. The summed E-state index contributed by atoms with van der Waals surface area (Å²) in [6.07, 6.45) is 1.67. The van der Waals surface area contributed by atoms with Crippen LogP contribution in [0.4, 0.5) is 4.79 Å². The molecule has 106 valence electrons. The van der Waals surface area contributed by atoms with Crippen molar-refractivity contribution in [2.75, 3.05) is 13.1 Å². The van der Waals surface area contributed by atoms with Gasteiger partial charge in [-0.3, -0.25) is 0 Å². The lowest BCUT2D eigenvalue weighted by Crippen LogP contribution is -2.52. The maximum Gasteiger partial charge on any atom is 0.314 e. The molecule has 1 aromatic heterocycles. The van der Waals surface area contributed by atoms with Crippen molar-refractivity contribution < 1.29 is 11.3 Å². The lowest BCUT2D eigenvalue weighted by molar-refractivity contribution is 0.124. The van der Waals surface area contributed by atoms with Crippen molar-refractivity contribution in [3.05, 3.63) is 11.9 Å². The minimum atomic E-state index is -0.413. The van der Waals surface area contributed by atoms with Gasteiger partial charge in [-0.2, -0.15) is 0 Å². The second kappa shape index (κ2) is 8.46. The van der Waals surface area contributed by atoms with Crippen LogP contribution in [0.3, 0.4) is 0 Å². The van der Waals surface area contributed by atoms with E-state index in [0.717, 1.165) is 0 Å². The number of urea groups is 1. The Labute approximate surface area is 109 Å². The second-order valence-corrected chi connectivity index (χ2v) is 3.25. The van der Waals surface area contributed by atoms with Crippen molar-refractivity contribution in [1.82, 2.24) is 19.9 Å². The normalized spacial score (nSPS) is 13.7. The van der Waals surface area contributed by atoms with E-state index in [1.54, 1.807) is 10.9 Å². The zero-order valence-electron chi connectivity index (χ0n) is 11.5. The highest BCUT2D eigenvalue weighted by Crippen LogP contribution is 2.19. The third-order valence-electron chi connectivity index (χ3n) is 2.27. The molecule has 0 spiro atoms. The minimum Gasteiger partial charge on any atom is -0.390 e. The number of likely N-dealkylation sites (tertiary alicyclic amines) is 1. The maximum absolute atomic E-state index is 10.7. The Hall–Kier alpha value is -1.63. The van der Waals surface area contributed by atoms with Crippen molar-refractivity contribution in [3.63, 3.8) is 0 Å². The van der Waals surface area contributed by atoms with Gasteiger partial charge in [-0.25, -0.2) is 9.48 Å². The zero-order chi connectivity index (χ0) is 14.1. The van der Waals surface area contributed by atoms with Gasteiger partial charge in [-0.15, -0.1) is 5.10 Å². The van der Waals surface area contributed by atoms with Crippen molar-refractivity contribution in [2.45, 2.75) is 40.3 Å². The number of rotatable bonds is 2. The molecule has 7 nitrogen and oxygen atoms in total. The molecule has 3 N–H and O–H groups in total. The smallest absolute Gasteiger partial charge is 0.314 e. The molecule has 2 heterocycles. The van der Waals surface area contributed by atoms with Gasteiger partial charge in [0.1, 0.15) is 5.69 Å². The molecular weight excluding hydrogens is 234 g/mol. The van der Waals surface area contributed by atoms with E-state index in [-0.39, 0.29) is 14.1 Å². The molecule has 18 heavy (non-hydrogen) atoms. The molecule has 1 saturated heterocycles. The molecule has 0 aliphatic carbocycles. The molecule has 0 aromatic carbocycles. The number of primary amides is 1. The van der Waals surface area contributed by atoms with Gasteiger partial charge >= 0.3 is 6.03 Å². The maximum atomic E-state index is 10.7. The van der Waals surface area contributed by atoms with Gasteiger partial charge < -0.3 is 15.7 Å². The second-order valence-electron chi connectivity index (χ2n) is 3.25. The summed E-state index contributed by atoms with van der Waals surface area (Å²) < 4.78 is 1.64. The van der Waals surface area contributed by atoms with Gasteiger partial charge in [0.05, 0.1) is 18.8 Å². The van der Waals surface area contributed by atoms with Crippen LogP contribution in [0.5, 0.6) is 0 Å². The molecule has 1 aromatic rings. The van der Waals surface area contributed by atoms with Gasteiger partial charge in [0.15, 0.2) is 0 Å². The monoisotopic (exact) mass is 259 g/mol. The largest absolute Gasteiger partial charge is 0.390 e. The quantitative estimate of drug-likeness (QED) is 0.828. The number of aliphatic hydroxyl groups is 1. The topological polar surface area (TPSA) is 97.3 Å². The highest BCUT2D eigenvalue weighted by molar-refractivity contribution is 5.72. The lowest BCUT2D eigenvalue weighted by Gasteiger charge is -2.37. The number of hydrogen-bond donors (Lipinski definition) is 2. The van der Waals surface area contributed by atoms with Crippen LogP contribution in [0.2, 0.25) is 0 Å². The summed E-state index contributed by atoms with van der Waals surface area (Å²) in [6, 6.07) is -0.279. The molecule has 0 atom stereocenters. The van der Waals surface area contributed by atoms with E-state index in [9.17, 15) is 4.79 Å². The zero-order valence-corrected chi connectivity index (χ0v) is 11.5. The fourth-order valence-corrected chi connectivity index (χ4v) is 1.37. The van der Waals surface area contributed by atoms with Crippen LogP contribution >= 0.6 is 0 Å². The van der Waals surface area contributed by atoms with Crippen LogP contribution in [0.25, 0.3) is 0 Å². The molecule has 1 fully saturated rings. The lowest BCUT2D eigenvalue weighted by atomic mass is 10.1. The molecule has 0 bridgehead atoms. The van der Waals surface area contributed by atoms with Crippen LogP contribution in [-0.2, 0) is 6.61 Å². The summed E-state index contributed by atoms with van der Waals surface area (Å²) in [5.41, 5.74) is 5.60. The fourth-order valence-electron chi connectivity index (χ4n) is 1.37. The Bertz CT molecular complexity index is 353. The molecule has 0 unspecified atom stereocenters. The van der Waals surface area contributed by atoms with E-state index < -0.39 is 6.03 Å². The highest BCUT2D eigenvalue weighted by atomic mass is 16.3. The number of carbonyl (C=O) groups is 1. The van der Waals surface area contributed by atoms with Crippen molar-refractivity contribution in [3.8, 4) is 0 Å². The van der Waals surface area contributed by atoms with Crippen LogP contribution < -0.4 is 5.73 Å². The van der Waals surface area contributed by atoms with Crippen molar-refractivity contribution in [2.24, 2.45) is 5.73 Å². The van der Waals surface area contributed by atoms with Crippen LogP contribution in [0.1, 0.15) is 40.9 Å².